The molecule has 1 N–H and O–H groups in total. The first kappa shape index (κ1) is 17.9. The van der Waals surface area contributed by atoms with Crippen LogP contribution in [0.1, 0.15) is 26.5 Å². The zero-order valence-electron chi connectivity index (χ0n) is 13.9. The molecule has 132 valence electrons. The van der Waals surface area contributed by atoms with Crippen LogP contribution < -0.4 is 5.32 Å². The van der Waals surface area contributed by atoms with E-state index in [1.54, 1.807) is 19.0 Å². The van der Waals surface area contributed by atoms with Gasteiger partial charge in [-0.3, -0.25) is 9.59 Å². The fourth-order valence-corrected chi connectivity index (χ4v) is 4.30. The van der Waals surface area contributed by atoms with Crippen molar-refractivity contribution >= 4 is 40.4 Å². The normalized spacial score (nSPS) is 16.2. The molecule has 2 amide bonds. The number of aryl methyl sites for hydroxylation is 1. The van der Waals surface area contributed by atoms with Crippen LogP contribution in [-0.2, 0) is 17.6 Å². The van der Waals surface area contributed by atoms with E-state index in [1.807, 2.05) is 6.07 Å². The summed E-state index contributed by atoms with van der Waals surface area (Å²) < 4.78 is 13.8. The Kier molecular flexibility index (Phi) is 5.11. The number of thiophene rings is 1. The molecule has 1 atom stereocenters. The Hall–Kier alpha value is -1.92. The second kappa shape index (κ2) is 7.14. The molecule has 3 rings (SSSR count). The second-order valence-corrected chi connectivity index (χ2v) is 7.88. The summed E-state index contributed by atoms with van der Waals surface area (Å²) in [5.41, 5.74) is 1.13. The quantitative estimate of drug-likeness (QED) is 0.875. The lowest BCUT2D eigenvalue weighted by molar-refractivity contribution is -0.120. The van der Waals surface area contributed by atoms with Gasteiger partial charge in [-0.15, -0.1) is 11.3 Å². The van der Waals surface area contributed by atoms with Crippen molar-refractivity contribution in [2.45, 2.75) is 19.3 Å². The molecule has 0 saturated carbocycles. The van der Waals surface area contributed by atoms with Gasteiger partial charge in [0.25, 0.3) is 5.91 Å². The van der Waals surface area contributed by atoms with Gasteiger partial charge in [-0.2, -0.15) is 0 Å². The monoisotopic (exact) mass is 380 g/mol. The molecule has 0 aliphatic heterocycles. The van der Waals surface area contributed by atoms with Gasteiger partial charge >= 0.3 is 0 Å². The van der Waals surface area contributed by atoms with Crippen molar-refractivity contribution in [1.82, 2.24) is 4.90 Å². The third-order valence-corrected chi connectivity index (χ3v) is 5.72. The number of nitrogens with zero attached hydrogens (tertiary/aromatic N) is 1. The number of carbonyl (C=O) groups is 2. The Morgan fingerprint density at radius 3 is 2.80 bits per heavy atom. The molecule has 0 radical (unpaired) electrons. The van der Waals surface area contributed by atoms with Gasteiger partial charge in [0.05, 0.1) is 10.6 Å². The maximum atomic E-state index is 13.8. The number of fused-ring (bicyclic) bond motifs is 1. The van der Waals surface area contributed by atoms with Gasteiger partial charge in [-0.1, -0.05) is 11.6 Å². The van der Waals surface area contributed by atoms with Crippen LogP contribution in [-0.4, -0.2) is 30.8 Å². The summed E-state index contributed by atoms with van der Waals surface area (Å²) in [5.74, 6) is -1.01. The highest BCUT2D eigenvalue weighted by molar-refractivity contribution is 7.14. The summed E-state index contributed by atoms with van der Waals surface area (Å²) in [5, 5.41) is 3.00. The Balaban J connectivity index is 1.73. The van der Waals surface area contributed by atoms with Crippen molar-refractivity contribution in [1.29, 1.82) is 0 Å². The molecular formula is C18H18ClFN2O2S. The molecule has 1 aliphatic carbocycles. The molecule has 1 aromatic carbocycles. The Morgan fingerprint density at radius 1 is 1.32 bits per heavy atom. The average molecular weight is 381 g/mol. The molecule has 0 saturated heterocycles. The van der Waals surface area contributed by atoms with Gasteiger partial charge in [-0.05, 0) is 49.1 Å². The van der Waals surface area contributed by atoms with E-state index in [1.165, 1.54) is 29.5 Å². The first-order valence-corrected chi connectivity index (χ1v) is 9.13. The first-order chi connectivity index (χ1) is 11.8. The maximum Gasteiger partial charge on any atom is 0.263 e. The number of nitrogens with one attached hydrogen (secondary N) is 1. The topological polar surface area (TPSA) is 49.4 Å². The fourth-order valence-electron chi connectivity index (χ4n) is 2.90. The second-order valence-electron chi connectivity index (χ2n) is 6.31. The maximum absolute atomic E-state index is 13.8. The molecular weight excluding hydrogens is 363 g/mol. The highest BCUT2D eigenvalue weighted by atomic mass is 35.5. The van der Waals surface area contributed by atoms with Crippen LogP contribution in [0.4, 0.5) is 10.1 Å². The molecule has 1 aromatic heterocycles. The number of amides is 2. The molecule has 25 heavy (non-hydrogen) atoms. The molecule has 4 nitrogen and oxygen atoms in total. The Morgan fingerprint density at radius 2 is 2.08 bits per heavy atom. The summed E-state index contributed by atoms with van der Waals surface area (Å²) in [4.78, 5) is 28.0. The van der Waals surface area contributed by atoms with E-state index in [9.17, 15) is 14.0 Å². The van der Waals surface area contributed by atoms with Crippen molar-refractivity contribution in [2.24, 2.45) is 5.92 Å². The Labute approximate surface area is 154 Å². The summed E-state index contributed by atoms with van der Waals surface area (Å²) in [6, 6.07) is 5.95. The number of benzene rings is 1. The smallest absolute Gasteiger partial charge is 0.263 e. The van der Waals surface area contributed by atoms with Gasteiger partial charge < -0.3 is 10.2 Å². The molecule has 1 heterocycles. The zero-order valence-corrected chi connectivity index (χ0v) is 15.5. The molecule has 0 bridgehead atoms. The lowest BCUT2D eigenvalue weighted by atomic mass is 9.87. The minimum Gasteiger partial charge on any atom is -0.344 e. The summed E-state index contributed by atoms with van der Waals surface area (Å²) in [7, 11) is 3.44. The molecule has 0 spiro atoms. The standard InChI is InChI=1S/C18H18ClFN2O2S/c1-22(2)18(24)16-8-11-7-10(3-6-15(11)25-16)17(23)21-14-9-12(19)4-5-13(14)20/h4-5,8-10H,3,6-7H2,1-2H3,(H,21,23). The number of halogens is 2. The van der Waals surface area contributed by atoms with E-state index < -0.39 is 5.82 Å². The molecule has 7 heteroatoms. The summed E-state index contributed by atoms with van der Waals surface area (Å²) >= 11 is 7.35. The third kappa shape index (κ3) is 3.85. The van der Waals surface area contributed by atoms with E-state index >= 15 is 0 Å². The van der Waals surface area contributed by atoms with Crippen molar-refractivity contribution in [2.75, 3.05) is 19.4 Å². The first-order valence-electron chi connectivity index (χ1n) is 7.94. The molecule has 2 aromatic rings. The number of anilines is 1. The zero-order chi connectivity index (χ0) is 18.1. The number of hydrogen-bond acceptors (Lipinski definition) is 3. The van der Waals surface area contributed by atoms with E-state index in [0.29, 0.717) is 22.7 Å². The largest absolute Gasteiger partial charge is 0.344 e. The van der Waals surface area contributed by atoms with Crippen molar-refractivity contribution < 1.29 is 14.0 Å². The highest BCUT2D eigenvalue weighted by Gasteiger charge is 2.28. The predicted octanol–water partition coefficient (Wildman–Crippen LogP) is 3.99. The highest BCUT2D eigenvalue weighted by Crippen LogP contribution is 2.33. The Bertz CT molecular complexity index is 834. The summed E-state index contributed by atoms with van der Waals surface area (Å²) in [6.45, 7) is 0. The van der Waals surface area contributed by atoms with Crippen LogP contribution in [0.25, 0.3) is 0 Å². The predicted molar refractivity (Wildman–Crippen MR) is 97.9 cm³/mol. The van der Waals surface area contributed by atoms with E-state index in [4.69, 9.17) is 11.6 Å². The van der Waals surface area contributed by atoms with Crippen LogP contribution in [0.5, 0.6) is 0 Å². The van der Waals surface area contributed by atoms with Gasteiger partial charge in [0.15, 0.2) is 0 Å². The third-order valence-electron chi connectivity index (χ3n) is 4.26. The van der Waals surface area contributed by atoms with Crippen LogP contribution in [0.15, 0.2) is 24.3 Å². The van der Waals surface area contributed by atoms with E-state index in [0.717, 1.165) is 16.9 Å². The van der Waals surface area contributed by atoms with Crippen LogP contribution in [0, 0.1) is 11.7 Å². The van der Waals surface area contributed by atoms with Gasteiger partial charge in [-0.25, -0.2) is 4.39 Å². The van der Waals surface area contributed by atoms with Crippen LogP contribution >= 0.6 is 22.9 Å². The van der Waals surface area contributed by atoms with E-state index in [-0.39, 0.29) is 23.4 Å². The van der Waals surface area contributed by atoms with Crippen LogP contribution in [0.3, 0.4) is 0 Å². The van der Waals surface area contributed by atoms with Gasteiger partial charge in [0, 0.05) is 29.9 Å². The summed E-state index contributed by atoms with van der Waals surface area (Å²) in [6.07, 6.45) is 1.98. The van der Waals surface area contributed by atoms with Gasteiger partial charge in [0.2, 0.25) is 5.91 Å². The fraction of sp³-hybridized carbons (Fsp3) is 0.333. The number of rotatable bonds is 3. The van der Waals surface area contributed by atoms with Crippen molar-refractivity contribution in [3.05, 3.63) is 50.4 Å². The minimum atomic E-state index is -0.511. The van der Waals surface area contributed by atoms with Crippen LogP contribution in [0.2, 0.25) is 5.02 Å². The van der Waals surface area contributed by atoms with Crippen molar-refractivity contribution in [3.8, 4) is 0 Å². The lowest BCUT2D eigenvalue weighted by Crippen LogP contribution is -2.28. The number of carbonyl (C=O) groups excluding carboxylic acids is 2. The molecule has 1 unspecified atom stereocenters. The SMILES string of the molecule is CN(C)C(=O)c1cc2c(s1)CCC(C(=O)Nc1cc(Cl)ccc1F)C2. The molecule has 1 aliphatic rings. The number of hydrogen-bond donors (Lipinski definition) is 1. The molecule has 0 fully saturated rings. The minimum absolute atomic E-state index is 0.0265. The van der Waals surface area contributed by atoms with E-state index in [2.05, 4.69) is 5.32 Å². The lowest BCUT2D eigenvalue weighted by Gasteiger charge is -2.21. The van der Waals surface area contributed by atoms with Gasteiger partial charge in [0.1, 0.15) is 5.82 Å². The average Bonchev–Trinajstić information content (AvgIpc) is 3.00. The van der Waals surface area contributed by atoms with Crippen molar-refractivity contribution in [3.63, 3.8) is 0 Å².